The minimum absolute atomic E-state index is 0.148. The molecule has 2 N–H and O–H groups in total. The van der Waals surface area contributed by atoms with Crippen LogP contribution in [-0.2, 0) is 4.79 Å². The molecule has 6 heteroatoms. The quantitative estimate of drug-likeness (QED) is 0.883. The highest BCUT2D eigenvalue weighted by molar-refractivity contribution is 5.99. The van der Waals surface area contributed by atoms with Crippen LogP contribution in [0.2, 0.25) is 0 Å². The minimum Gasteiger partial charge on any atom is -0.480 e. The van der Waals surface area contributed by atoms with Crippen molar-refractivity contribution in [3.05, 3.63) is 35.4 Å². The summed E-state index contributed by atoms with van der Waals surface area (Å²) in [6.45, 7) is 0. The summed E-state index contributed by atoms with van der Waals surface area (Å²) in [6.07, 6.45) is 2.49. The number of hydrogen-bond donors (Lipinski definition) is 2. The molecule has 0 spiro atoms. The first-order valence-corrected chi connectivity index (χ1v) is 7.23. The molecule has 1 aliphatic carbocycles. The molecule has 1 aliphatic rings. The van der Waals surface area contributed by atoms with Gasteiger partial charge in [0.2, 0.25) is 0 Å². The number of carbonyl (C=O) groups is 3. The lowest BCUT2D eigenvalue weighted by Crippen LogP contribution is -2.52. The van der Waals surface area contributed by atoms with Gasteiger partial charge in [-0.3, -0.25) is 9.59 Å². The predicted octanol–water partition coefficient (Wildman–Crippen LogP) is 1.52. The standard InChI is InChI=1S/C16H20N2O4/c1-18(2)14(20)12-7-5-11(6-8-12)13(19)17-16(15(21)22)9-3-4-10-16/h5-8H,3-4,9-10H2,1-2H3,(H,17,19)(H,21,22). The van der Waals surface area contributed by atoms with E-state index >= 15 is 0 Å². The molecule has 1 aromatic carbocycles. The fourth-order valence-corrected chi connectivity index (χ4v) is 2.68. The van der Waals surface area contributed by atoms with Crippen LogP contribution in [0.25, 0.3) is 0 Å². The average Bonchev–Trinajstić information content (AvgIpc) is 2.96. The molecule has 0 aromatic heterocycles. The van der Waals surface area contributed by atoms with Crippen molar-refractivity contribution in [3.63, 3.8) is 0 Å². The van der Waals surface area contributed by atoms with Gasteiger partial charge < -0.3 is 15.3 Å². The molecule has 0 aliphatic heterocycles. The minimum atomic E-state index is -1.16. The Hall–Kier alpha value is -2.37. The van der Waals surface area contributed by atoms with Gasteiger partial charge >= 0.3 is 5.97 Å². The SMILES string of the molecule is CN(C)C(=O)c1ccc(C(=O)NC2(C(=O)O)CCCC2)cc1. The van der Waals surface area contributed by atoms with Crippen LogP contribution in [0.15, 0.2) is 24.3 Å². The Labute approximate surface area is 129 Å². The Morgan fingerprint density at radius 2 is 1.55 bits per heavy atom. The number of nitrogens with zero attached hydrogens (tertiary/aromatic N) is 1. The number of carbonyl (C=O) groups excluding carboxylic acids is 2. The van der Waals surface area contributed by atoms with E-state index in [4.69, 9.17) is 0 Å². The van der Waals surface area contributed by atoms with E-state index in [2.05, 4.69) is 5.32 Å². The number of rotatable bonds is 4. The Kier molecular flexibility index (Phi) is 4.49. The number of amides is 2. The zero-order valence-electron chi connectivity index (χ0n) is 12.8. The summed E-state index contributed by atoms with van der Waals surface area (Å²) < 4.78 is 0. The highest BCUT2D eigenvalue weighted by Gasteiger charge is 2.42. The summed E-state index contributed by atoms with van der Waals surface area (Å²) in [6, 6.07) is 6.21. The lowest BCUT2D eigenvalue weighted by molar-refractivity contribution is -0.144. The van der Waals surface area contributed by atoms with E-state index in [0.29, 0.717) is 24.0 Å². The first-order chi connectivity index (χ1) is 10.4. The first-order valence-electron chi connectivity index (χ1n) is 7.23. The van der Waals surface area contributed by atoms with E-state index in [1.54, 1.807) is 26.2 Å². The van der Waals surface area contributed by atoms with Gasteiger partial charge in [0, 0.05) is 25.2 Å². The molecule has 1 fully saturated rings. The highest BCUT2D eigenvalue weighted by Crippen LogP contribution is 2.30. The molecule has 2 rings (SSSR count). The van der Waals surface area contributed by atoms with E-state index in [0.717, 1.165) is 12.8 Å². The second-order valence-corrected chi connectivity index (χ2v) is 5.83. The first kappa shape index (κ1) is 16.0. The van der Waals surface area contributed by atoms with Gasteiger partial charge in [-0.25, -0.2) is 4.79 Å². The molecule has 2 amide bonds. The van der Waals surface area contributed by atoms with Crippen molar-refractivity contribution in [2.45, 2.75) is 31.2 Å². The Morgan fingerprint density at radius 3 is 2.00 bits per heavy atom. The molecule has 1 saturated carbocycles. The number of aliphatic carboxylic acids is 1. The van der Waals surface area contributed by atoms with Crippen molar-refractivity contribution < 1.29 is 19.5 Å². The van der Waals surface area contributed by atoms with Crippen molar-refractivity contribution >= 4 is 17.8 Å². The van der Waals surface area contributed by atoms with Gasteiger partial charge in [-0.05, 0) is 37.1 Å². The van der Waals surface area contributed by atoms with Crippen molar-refractivity contribution in [2.75, 3.05) is 14.1 Å². The second-order valence-electron chi connectivity index (χ2n) is 5.83. The fraction of sp³-hybridized carbons (Fsp3) is 0.438. The number of benzene rings is 1. The largest absolute Gasteiger partial charge is 0.480 e. The van der Waals surface area contributed by atoms with E-state index in [1.807, 2.05) is 0 Å². The number of carboxylic acid groups (broad SMARTS) is 1. The van der Waals surface area contributed by atoms with Crippen LogP contribution in [0, 0.1) is 0 Å². The van der Waals surface area contributed by atoms with Crippen LogP contribution in [0.4, 0.5) is 0 Å². The van der Waals surface area contributed by atoms with Crippen molar-refractivity contribution in [2.24, 2.45) is 0 Å². The van der Waals surface area contributed by atoms with Gasteiger partial charge in [-0.15, -0.1) is 0 Å². The van der Waals surface area contributed by atoms with Crippen LogP contribution in [-0.4, -0.2) is 47.4 Å². The smallest absolute Gasteiger partial charge is 0.329 e. The van der Waals surface area contributed by atoms with E-state index in [-0.39, 0.29) is 5.91 Å². The molecule has 1 aromatic rings. The molecule has 0 unspecified atom stereocenters. The van der Waals surface area contributed by atoms with Gasteiger partial charge in [0.1, 0.15) is 5.54 Å². The fourth-order valence-electron chi connectivity index (χ4n) is 2.68. The van der Waals surface area contributed by atoms with Gasteiger partial charge in [0.25, 0.3) is 11.8 Å². The van der Waals surface area contributed by atoms with Crippen LogP contribution >= 0.6 is 0 Å². The Morgan fingerprint density at radius 1 is 1.05 bits per heavy atom. The van der Waals surface area contributed by atoms with Crippen molar-refractivity contribution in [3.8, 4) is 0 Å². The zero-order chi connectivity index (χ0) is 16.3. The topological polar surface area (TPSA) is 86.7 Å². The molecule has 0 saturated heterocycles. The molecule has 0 radical (unpaired) electrons. The third-order valence-electron chi connectivity index (χ3n) is 4.02. The Bertz CT molecular complexity index is 587. The lowest BCUT2D eigenvalue weighted by Gasteiger charge is -2.25. The van der Waals surface area contributed by atoms with E-state index in [1.165, 1.54) is 17.0 Å². The summed E-state index contributed by atoms with van der Waals surface area (Å²) >= 11 is 0. The molecule has 6 nitrogen and oxygen atoms in total. The monoisotopic (exact) mass is 304 g/mol. The maximum Gasteiger partial charge on any atom is 0.329 e. The number of hydrogen-bond acceptors (Lipinski definition) is 3. The average molecular weight is 304 g/mol. The third-order valence-corrected chi connectivity index (χ3v) is 4.02. The van der Waals surface area contributed by atoms with Crippen LogP contribution in [0.5, 0.6) is 0 Å². The van der Waals surface area contributed by atoms with Crippen LogP contribution in [0.3, 0.4) is 0 Å². The molecular weight excluding hydrogens is 284 g/mol. The van der Waals surface area contributed by atoms with Crippen LogP contribution in [0.1, 0.15) is 46.4 Å². The Balaban J connectivity index is 2.13. The maximum absolute atomic E-state index is 12.3. The number of nitrogens with one attached hydrogen (secondary N) is 1. The normalized spacial score (nSPS) is 16.1. The van der Waals surface area contributed by atoms with E-state index in [9.17, 15) is 19.5 Å². The molecule has 118 valence electrons. The van der Waals surface area contributed by atoms with Gasteiger partial charge in [-0.2, -0.15) is 0 Å². The van der Waals surface area contributed by atoms with E-state index < -0.39 is 17.4 Å². The molecule has 0 bridgehead atoms. The van der Waals surface area contributed by atoms with Crippen LogP contribution < -0.4 is 5.32 Å². The lowest BCUT2D eigenvalue weighted by atomic mass is 9.97. The van der Waals surface area contributed by atoms with Gasteiger partial charge in [-0.1, -0.05) is 12.8 Å². The molecule has 22 heavy (non-hydrogen) atoms. The molecule has 0 heterocycles. The summed E-state index contributed by atoms with van der Waals surface area (Å²) in [5.74, 6) is -1.56. The zero-order valence-corrected chi connectivity index (χ0v) is 12.8. The summed E-state index contributed by atoms with van der Waals surface area (Å²) in [5.41, 5.74) is -0.326. The molecular formula is C16H20N2O4. The highest BCUT2D eigenvalue weighted by atomic mass is 16.4. The van der Waals surface area contributed by atoms with Gasteiger partial charge in [0.15, 0.2) is 0 Å². The summed E-state index contributed by atoms with van der Waals surface area (Å²) in [4.78, 5) is 36.9. The maximum atomic E-state index is 12.3. The van der Waals surface area contributed by atoms with Gasteiger partial charge in [0.05, 0.1) is 0 Å². The summed E-state index contributed by atoms with van der Waals surface area (Å²) in [7, 11) is 3.30. The van der Waals surface area contributed by atoms with Crippen molar-refractivity contribution in [1.29, 1.82) is 0 Å². The predicted molar refractivity (Wildman–Crippen MR) is 80.8 cm³/mol. The summed E-state index contributed by atoms with van der Waals surface area (Å²) in [5, 5.41) is 12.0. The molecule has 0 atom stereocenters. The third kappa shape index (κ3) is 3.10. The number of carboxylic acids is 1. The van der Waals surface area contributed by atoms with Crippen molar-refractivity contribution in [1.82, 2.24) is 10.2 Å². The second kappa shape index (κ2) is 6.17.